The van der Waals surface area contributed by atoms with Crippen LogP contribution in [-0.2, 0) is 12.0 Å². The van der Waals surface area contributed by atoms with Gasteiger partial charge >= 0.3 is 0 Å². The summed E-state index contributed by atoms with van der Waals surface area (Å²) in [6, 6.07) is 17.1. The monoisotopic (exact) mass is 386 g/mol. The Morgan fingerprint density at radius 2 is 1.86 bits per heavy atom. The van der Waals surface area contributed by atoms with Crippen molar-refractivity contribution in [3.05, 3.63) is 83.4 Å². The number of rotatable bonds is 5. The molecule has 0 radical (unpaired) electrons. The second-order valence-corrected chi connectivity index (χ2v) is 7.65. The normalized spacial score (nSPS) is 11.7. The number of pyridine rings is 1. The van der Waals surface area contributed by atoms with Crippen LogP contribution in [0.5, 0.6) is 0 Å². The first-order valence-electron chi connectivity index (χ1n) is 9.45. The molecule has 146 valence electrons. The highest BCUT2D eigenvalue weighted by Gasteiger charge is 2.18. The average molecular weight is 386 g/mol. The summed E-state index contributed by atoms with van der Waals surface area (Å²) in [5, 5.41) is 14.6. The number of ketones is 1. The minimum atomic E-state index is -0.994. The minimum Gasteiger partial charge on any atom is -0.386 e. The van der Waals surface area contributed by atoms with E-state index in [-0.39, 0.29) is 12.2 Å². The molecule has 0 aliphatic carbocycles. The summed E-state index contributed by atoms with van der Waals surface area (Å²) >= 11 is 0. The molecule has 0 aliphatic rings. The van der Waals surface area contributed by atoms with E-state index in [9.17, 15) is 9.90 Å². The number of nitrogens with zero attached hydrogens (tertiary/aromatic N) is 4. The Kier molecular flexibility index (Phi) is 4.72. The molecule has 0 amide bonds. The van der Waals surface area contributed by atoms with Gasteiger partial charge in [0.15, 0.2) is 11.4 Å². The van der Waals surface area contributed by atoms with Gasteiger partial charge in [0.2, 0.25) is 0 Å². The Hall–Kier alpha value is -3.38. The molecule has 0 bridgehead atoms. The fourth-order valence-electron chi connectivity index (χ4n) is 3.22. The van der Waals surface area contributed by atoms with E-state index in [1.54, 1.807) is 36.7 Å². The molecule has 1 aromatic carbocycles. The predicted molar refractivity (Wildman–Crippen MR) is 111 cm³/mol. The van der Waals surface area contributed by atoms with Crippen molar-refractivity contribution in [1.82, 2.24) is 19.6 Å². The smallest absolute Gasteiger partial charge is 0.187 e. The molecular weight excluding hydrogens is 364 g/mol. The maximum absolute atomic E-state index is 12.8. The Morgan fingerprint density at radius 3 is 2.52 bits per heavy atom. The third kappa shape index (κ3) is 3.93. The van der Waals surface area contributed by atoms with Crippen LogP contribution in [0.3, 0.4) is 0 Å². The van der Waals surface area contributed by atoms with Gasteiger partial charge in [0.25, 0.3) is 0 Å². The highest BCUT2D eigenvalue weighted by atomic mass is 16.3. The average Bonchev–Trinajstić information content (AvgIpc) is 3.07. The van der Waals surface area contributed by atoms with Gasteiger partial charge in [0.05, 0.1) is 29.1 Å². The molecule has 0 saturated heterocycles. The van der Waals surface area contributed by atoms with E-state index in [0.29, 0.717) is 22.6 Å². The third-order valence-corrected chi connectivity index (χ3v) is 4.77. The third-order valence-electron chi connectivity index (χ3n) is 4.77. The van der Waals surface area contributed by atoms with Crippen LogP contribution in [-0.4, -0.2) is 30.5 Å². The van der Waals surface area contributed by atoms with E-state index in [1.165, 1.54) is 0 Å². The first-order valence-corrected chi connectivity index (χ1v) is 9.45. The number of hydrogen-bond donors (Lipinski definition) is 1. The zero-order valence-corrected chi connectivity index (χ0v) is 16.6. The fraction of sp³-hybridized carbons (Fsp3) is 0.217. The van der Waals surface area contributed by atoms with Crippen molar-refractivity contribution < 1.29 is 9.90 Å². The first kappa shape index (κ1) is 19.0. The van der Waals surface area contributed by atoms with Crippen molar-refractivity contribution in [2.75, 3.05) is 0 Å². The van der Waals surface area contributed by atoms with Gasteiger partial charge < -0.3 is 5.11 Å². The summed E-state index contributed by atoms with van der Waals surface area (Å²) in [4.78, 5) is 21.6. The Morgan fingerprint density at radius 1 is 1.10 bits per heavy atom. The number of carbonyl (C=O) groups is 1. The lowest BCUT2D eigenvalue weighted by Gasteiger charge is -2.17. The van der Waals surface area contributed by atoms with E-state index in [1.807, 2.05) is 49.4 Å². The molecule has 3 aromatic heterocycles. The van der Waals surface area contributed by atoms with Crippen LogP contribution in [0.1, 0.15) is 41.3 Å². The number of hydrogen-bond acceptors (Lipinski definition) is 5. The van der Waals surface area contributed by atoms with E-state index in [0.717, 1.165) is 17.0 Å². The van der Waals surface area contributed by atoms with E-state index >= 15 is 0 Å². The van der Waals surface area contributed by atoms with E-state index < -0.39 is 5.60 Å². The molecule has 0 spiro atoms. The molecule has 0 unspecified atom stereocenters. The SMILES string of the molecule is Cc1cc2nc(CC(=O)c3ccc(C(C)(C)O)cn3)cc(-c3ccccc3)n2n1. The molecule has 4 rings (SSSR count). The quantitative estimate of drug-likeness (QED) is 0.528. The van der Waals surface area contributed by atoms with E-state index in [2.05, 4.69) is 15.1 Å². The van der Waals surface area contributed by atoms with Crippen LogP contribution >= 0.6 is 0 Å². The van der Waals surface area contributed by atoms with Crippen molar-refractivity contribution in [3.8, 4) is 11.3 Å². The molecule has 0 saturated carbocycles. The van der Waals surface area contributed by atoms with Gasteiger partial charge in [-0.2, -0.15) is 5.10 Å². The number of aromatic nitrogens is 4. The maximum atomic E-state index is 12.8. The molecular formula is C23H22N4O2. The standard InChI is InChI=1S/C23H22N4O2/c1-15-11-22-25-18(12-20(27(22)26-15)16-7-5-4-6-8-16)13-21(28)19-10-9-17(14-24-19)23(2,3)29/h4-12,14,29H,13H2,1-3H3. The molecule has 0 fully saturated rings. The summed E-state index contributed by atoms with van der Waals surface area (Å²) < 4.78 is 1.80. The number of aryl methyl sites for hydroxylation is 1. The van der Waals surface area contributed by atoms with Crippen molar-refractivity contribution in [3.63, 3.8) is 0 Å². The second-order valence-electron chi connectivity index (χ2n) is 7.65. The zero-order chi connectivity index (χ0) is 20.6. The van der Waals surface area contributed by atoms with Crippen molar-refractivity contribution in [2.24, 2.45) is 0 Å². The van der Waals surface area contributed by atoms with Crippen LogP contribution in [0.2, 0.25) is 0 Å². The topological polar surface area (TPSA) is 80.4 Å². The summed E-state index contributed by atoms with van der Waals surface area (Å²) in [6.45, 7) is 5.29. The predicted octanol–water partition coefficient (Wildman–Crippen LogP) is 3.75. The summed E-state index contributed by atoms with van der Waals surface area (Å²) in [6.07, 6.45) is 1.68. The summed E-state index contributed by atoms with van der Waals surface area (Å²) in [5.74, 6) is -0.126. The Labute approximate surface area is 168 Å². The molecule has 0 aliphatic heterocycles. The highest BCUT2D eigenvalue weighted by Crippen LogP contribution is 2.23. The molecule has 6 nitrogen and oxygen atoms in total. The number of fused-ring (bicyclic) bond motifs is 1. The van der Waals surface area contributed by atoms with Gasteiger partial charge in [-0.05, 0) is 32.9 Å². The van der Waals surface area contributed by atoms with Gasteiger partial charge in [-0.1, -0.05) is 36.4 Å². The number of aliphatic hydroxyl groups is 1. The lowest BCUT2D eigenvalue weighted by molar-refractivity contribution is 0.0780. The maximum Gasteiger partial charge on any atom is 0.187 e. The Bertz CT molecular complexity index is 1170. The zero-order valence-electron chi connectivity index (χ0n) is 16.6. The number of benzene rings is 1. The lowest BCUT2D eigenvalue weighted by atomic mass is 10.00. The van der Waals surface area contributed by atoms with Crippen LogP contribution in [0.4, 0.5) is 0 Å². The molecule has 6 heteroatoms. The second kappa shape index (κ2) is 7.22. The van der Waals surface area contributed by atoms with Crippen LogP contribution < -0.4 is 0 Å². The molecule has 4 aromatic rings. The van der Waals surface area contributed by atoms with Crippen LogP contribution in [0.25, 0.3) is 16.9 Å². The largest absolute Gasteiger partial charge is 0.386 e. The van der Waals surface area contributed by atoms with Gasteiger partial charge in [0.1, 0.15) is 5.69 Å². The van der Waals surface area contributed by atoms with E-state index in [4.69, 9.17) is 0 Å². The van der Waals surface area contributed by atoms with Crippen molar-refractivity contribution in [2.45, 2.75) is 32.8 Å². The molecule has 3 heterocycles. The number of carbonyl (C=O) groups excluding carboxylic acids is 1. The minimum absolute atomic E-state index is 0.126. The fourth-order valence-corrected chi connectivity index (χ4v) is 3.22. The number of Topliss-reactive ketones (excluding diaryl/α,β-unsaturated/α-hetero) is 1. The van der Waals surface area contributed by atoms with Gasteiger partial charge in [0, 0.05) is 23.4 Å². The molecule has 29 heavy (non-hydrogen) atoms. The first-order chi connectivity index (χ1) is 13.8. The van der Waals surface area contributed by atoms with Crippen molar-refractivity contribution >= 4 is 11.4 Å². The lowest BCUT2D eigenvalue weighted by Crippen LogP contribution is -2.16. The summed E-state index contributed by atoms with van der Waals surface area (Å²) in [5.41, 5.74) is 4.14. The van der Waals surface area contributed by atoms with Crippen molar-refractivity contribution in [1.29, 1.82) is 0 Å². The Balaban J connectivity index is 1.68. The van der Waals surface area contributed by atoms with Crippen LogP contribution in [0, 0.1) is 6.92 Å². The van der Waals surface area contributed by atoms with Crippen LogP contribution in [0.15, 0.2) is 60.8 Å². The van der Waals surface area contributed by atoms with Gasteiger partial charge in [-0.15, -0.1) is 0 Å². The van der Waals surface area contributed by atoms with Gasteiger partial charge in [-0.25, -0.2) is 9.50 Å². The van der Waals surface area contributed by atoms with Gasteiger partial charge in [-0.3, -0.25) is 9.78 Å². The highest BCUT2D eigenvalue weighted by molar-refractivity contribution is 5.95. The molecule has 1 N–H and O–H groups in total. The summed E-state index contributed by atoms with van der Waals surface area (Å²) in [7, 11) is 0. The molecule has 0 atom stereocenters.